The van der Waals surface area contributed by atoms with E-state index in [1.54, 1.807) is 0 Å². The highest BCUT2D eigenvalue weighted by Gasteiger charge is 1.98. The fourth-order valence-electron chi connectivity index (χ4n) is 2.62. The van der Waals surface area contributed by atoms with Crippen molar-refractivity contribution in [2.75, 3.05) is 0 Å². The Labute approximate surface area is 152 Å². The highest BCUT2D eigenvalue weighted by Crippen LogP contribution is 2.23. The van der Waals surface area contributed by atoms with E-state index in [1.165, 1.54) is 0 Å². The molecule has 26 heavy (non-hydrogen) atoms. The molecule has 1 heterocycles. The Morgan fingerprint density at radius 3 is 2.08 bits per heavy atom. The number of ether oxygens (including phenoxy) is 1. The molecule has 3 aromatic carbocycles. The van der Waals surface area contributed by atoms with Crippen molar-refractivity contribution in [3.8, 4) is 17.2 Å². The number of aliphatic imine (C=N–C) groups is 1. The van der Waals surface area contributed by atoms with Gasteiger partial charge in [0.2, 0.25) is 0 Å². The van der Waals surface area contributed by atoms with Gasteiger partial charge in [-0.25, -0.2) is 0 Å². The number of hydrogen-bond donors (Lipinski definition) is 0. The number of nitrogens with zero attached hydrogens (tertiary/aromatic N) is 2. The summed E-state index contributed by atoms with van der Waals surface area (Å²) in [7, 11) is 0. The van der Waals surface area contributed by atoms with Crippen molar-refractivity contribution in [1.82, 2.24) is 4.57 Å². The summed E-state index contributed by atoms with van der Waals surface area (Å²) in [5, 5.41) is 0. The zero-order valence-corrected chi connectivity index (χ0v) is 14.2. The van der Waals surface area contributed by atoms with Crippen molar-refractivity contribution in [3.63, 3.8) is 0 Å². The average Bonchev–Trinajstić information content (AvgIpc) is 3.18. The van der Waals surface area contributed by atoms with E-state index >= 15 is 0 Å². The molecular weight excluding hydrogens is 320 g/mol. The largest absolute Gasteiger partial charge is 0.457 e. The van der Waals surface area contributed by atoms with Crippen molar-refractivity contribution in [1.29, 1.82) is 0 Å². The minimum absolute atomic E-state index is 0.797. The quantitative estimate of drug-likeness (QED) is 0.409. The van der Waals surface area contributed by atoms with Gasteiger partial charge in [0.1, 0.15) is 11.5 Å². The van der Waals surface area contributed by atoms with Gasteiger partial charge in [0.15, 0.2) is 0 Å². The third kappa shape index (κ3) is 3.90. The highest BCUT2D eigenvalue weighted by atomic mass is 16.5. The van der Waals surface area contributed by atoms with Crippen LogP contribution >= 0.6 is 0 Å². The molecule has 0 saturated carbocycles. The first-order valence-corrected chi connectivity index (χ1v) is 8.47. The zero-order chi connectivity index (χ0) is 17.6. The summed E-state index contributed by atoms with van der Waals surface area (Å²) in [6, 6.07) is 29.8. The maximum atomic E-state index is 5.79. The van der Waals surface area contributed by atoms with E-state index in [4.69, 9.17) is 4.74 Å². The van der Waals surface area contributed by atoms with Crippen LogP contribution in [0.3, 0.4) is 0 Å². The Kier molecular flexibility index (Phi) is 4.61. The van der Waals surface area contributed by atoms with Gasteiger partial charge in [0.25, 0.3) is 0 Å². The first-order valence-electron chi connectivity index (χ1n) is 8.47. The Morgan fingerprint density at radius 1 is 0.692 bits per heavy atom. The lowest BCUT2D eigenvalue weighted by Gasteiger charge is -2.05. The summed E-state index contributed by atoms with van der Waals surface area (Å²) in [4.78, 5) is 4.54. The van der Waals surface area contributed by atoms with Crippen LogP contribution in [0.15, 0.2) is 108 Å². The molecule has 0 aliphatic rings. The number of aromatic nitrogens is 1. The normalized spacial score (nSPS) is 10.9. The zero-order valence-electron chi connectivity index (χ0n) is 14.2. The summed E-state index contributed by atoms with van der Waals surface area (Å²) in [5.41, 5.74) is 3.07. The van der Waals surface area contributed by atoms with E-state index in [9.17, 15) is 0 Å². The molecule has 4 aromatic rings. The maximum Gasteiger partial charge on any atom is 0.127 e. The first-order chi connectivity index (χ1) is 12.9. The monoisotopic (exact) mass is 338 g/mol. The molecule has 1 aromatic heterocycles. The molecule has 0 radical (unpaired) electrons. The molecule has 0 saturated heterocycles. The van der Waals surface area contributed by atoms with Gasteiger partial charge in [0, 0.05) is 29.9 Å². The molecule has 0 bridgehead atoms. The second-order valence-electron chi connectivity index (χ2n) is 5.85. The Morgan fingerprint density at radius 2 is 1.35 bits per heavy atom. The van der Waals surface area contributed by atoms with Gasteiger partial charge in [-0.3, -0.25) is 4.99 Å². The molecule has 3 nitrogen and oxygen atoms in total. The van der Waals surface area contributed by atoms with Crippen molar-refractivity contribution in [3.05, 3.63) is 109 Å². The lowest BCUT2D eigenvalue weighted by molar-refractivity contribution is 0.483. The second-order valence-corrected chi connectivity index (χ2v) is 5.85. The fourth-order valence-corrected chi connectivity index (χ4v) is 2.62. The molecule has 0 aliphatic carbocycles. The molecule has 0 aliphatic heterocycles. The molecule has 0 fully saturated rings. The molecule has 0 unspecified atom stereocenters. The van der Waals surface area contributed by atoms with Gasteiger partial charge in [-0.1, -0.05) is 36.4 Å². The van der Waals surface area contributed by atoms with Crippen molar-refractivity contribution in [2.45, 2.75) is 0 Å². The van der Waals surface area contributed by atoms with E-state index in [-0.39, 0.29) is 0 Å². The van der Waals surface area contributed by atoms with Gasteiger partial charge in [0.05, 0.1) is 5.69 Å². The van der Waals surface area contributed by atoms with Crippen molar-refractivity contribution >= 4 is 11.9 Å². The first kappa shape index (κ1) is 15.9. The van der Waals surface area contributed by atoms with Gasteiger partial charge in [-0.2, -0.15) is 0 Å². The lowest BCUT2D eigenvalue weighted by atomic mass is 10.3. The number of benzene rings is 3. The van der Waals surface area contributed by atoms with Crippen LogP contribution in [0.1, 0.15) is 5.56 Å². The minimum atomic E-state index is 0.797. The van der Waals surface area contributed by atoms with Gasteiger partial charge in [-0.05, 0) is 54.6 Å². The predicted molar refractivity (Wildman–Crippen MR) is 106 cm³/mol. The van der Waals surface area contributed by atoms with Gasteiger partial charge < -0.3 is 9.30 Å². The standard InChI is InChI=1S/C23H18N2O/c1-3-7-21(8-4-1)25-16-15-19(18-25)17-24-20-11-13-23(14-12-20)26-22-9-5-2-6-10-22/h1-18H. The third-order valence-corrected chi connectivity index (χ3v) is 3.95. The van der Waals surface area contributed by atoms with Crippen LogP contribution in [0.4, 0.5) is 5.69 Å². The van der Waals surface area contributed by atoms with Gasteiger partial charge >= 0.3 is 0 Å². The van der Waals surface area contributed by atoms with Crippen LogP contribution in [0, 0.1) is 0 Å². The van der Waals surface area contributed by atoms with E-state index in [1.807, 2.05) is 91.3 Å². The van der Waals surface area contributed by atoms with Crippen LogP contribution < -0.4 is 4.74 Å². The molecular formula is C23H18N2O. The van der Waals surface area contributed by atoms with E-state index < -0.39 is 0 Å². The van der Waals surface area contributed by atoms with Crippen molar-refractivity contribution < 1.29 is 4.74 Å². The number of rotatable bonds is 5. The van der Waals surface area contributed by atoms with Crippen LogP contribution in [-0.2, 0) is 0 Å². The fraction of sp³-hybridized carbons (Fsp3) is 0. The Balaban J connectivity index is 1.43. The minimum Gasteiger partial charge on any atom is -0.457 e. The highest BCUT2D eigenvalue weighted by molar-refractivity contribution is 5.81. The molecule has 4 rings (SSSR count). The summed E-state index contributed by atoms with van der Waals surface area (Å²) < 4.78 is 7.87. The summed E-state index contributed by atoms with van der Waals surface area (Å²) >= 11 is 0. The van der Waals surface area contributed by atoms with E-state index in [0.717, 1.165) is 28.4 Å². The lowest BCUT2D eigenvalue weighted by Crippen LogP contribution is -1.88. The summed E-state index contributed by atoms with van der Waals surface area (Å²) in [5.74, 6) is 1.62. The summed E-state index contributed by atoms with van der Waals surface area (Å²) in [6.45, 7) is 0. The predicted octanol–water partition coefficient (Wildman–Crippen LogP) is 6.02. The number of hydrogen-bond acceptors (Lipinski definition) is 2. The molecule has 0 N–H and O–H groups in total. The van der Waals surface area contributed by atoms with Crippen molar-refractivity contribution in [2.24, 2.45) is 4.99 Å². The molecule has 126 valence electrons. The Bertz CT molecular complexity index is 987. The summed E-state index contributed by atoms with van der Waals surface area (Å²) in [6.07, 6.45) is 5.96. The van der Waals surface area contributed by atoms with Gasteiger partial charge in [-0.15, -0.1) is 0 Å². The third-order valence-electron chi connectivity index (χ3n) is 3.95. The van der Waals surface area contributed by atoms with Crippen LogP contribution in [0.25, 0.3) is 5.69 Å². The SMILES string of the molecule is C(=Nc1ccc(Oc2ccccc2)cc1)c1ccn(-c2ccccc2)c1. The van der Waals surface area contributed by atoms with Crippen LogP contribution in [-0.4, -0.2) is 10.8 Å². The molecule has 0 atom stereocenters. The van der Waals surface area contributed by atoms with E-state index in [0.29, 0.717) is 0 Å². The average molecular weight is 338 g/mol. The molecule has 3 heteroatoms. The number of para-hydroxylation sites is 2. The molecule has 0 amide bonds. The van der Waals surface area contributed by atoms with Crippen LogP contribution in [0.2, 0.25) is 0 Å². The smallest absolute Gasteiger partial charge is 0.127 e. The maximum absolute atomic E-state index is 5.79. The van der Waals surface area contributed by atoms with Crippen LogP contribution in [0.5, 0.6) is 11.5 Å². The topological polar surface area (TPSA) is 26.5 Å². The Hall–Kier alpha value is -3.59. The second kappa shape index (κ2) is 7.53. The molecule has 0 spiro atoms. The van der Waals surface area contributed by atoms with E-state index in [2.05, 4.69) is 27.9 Å².